The maximum absolute atomic E-state index is 12.7. The van der Waals surface area contributed by atoms with Crippen molar-refractivity contribution in [2.24, 2.45) is 11.7 Å². The fourth-order valence-electron chi connectivity index (χ4n) is 3.08. The molecule has 7 nitrogen and oxygen atoms in total. The first-order valence-corrected chi connectivity index (χ1v) is 11.2. The van der Waals surface area contributed by atoms with Crippen LogP contribution in [0.15, 0.2) is 36.4 Å². The second kappa shape index (κ2) is 7.79. The highest BCUT2D eigenvalue weighted by atomic mass is 32.2. The fourth-order valence-corrected chi connectivity index (χ4v) is 5.07. The van der Waals surface area contributed by atoms with Gasteiger partial charge in [0.2, 0.25) is 15.9 Å². The molecule has 3 N–H and O–H groups in total. The Balaban J connectivity index is 1.81. The van der Waals surface area contributed by atoms with Gasteiger partial charge in [0.25, 0.3) is 5.91 Å². The molecule has 1 saturated heterocycles. The standard InChI is InChI=1S/C18H21N3O4S2/c1-27(24,25)21-9-5-8-13(11-21)17(23)20-18-14(16(19)22)10-15(26-18)12-6-3-2-4-7-12/h2-4,6-7,10,13H,5,8-9,11H2,1H3,(H2,19,22)(H,20,23). The number of hydrogen-bond acceptors (Lipinski definition) is 5. The van der Waals surface area contributed by atoms with E-state index in [1.807, 2.05) is 30.3 Å². The quantitative estimate of drug-likeness (QED) is 0.791. The first-order chi connectivity index (χ1) is 12.8. The zero-order valence-electron chi connectivity index (χ0n) is 14.8. The molecule has 2 amide bonds. The number of nitrogens with one attached hydrogen (secondary N) is 1. The Hall–Kier alpha value is -2.23. The molecule has 27 heavy (non-hydrogen) atoms. The second-order valence-corrected chi connectivity index (χ2v) is 9.57. The molecule has 2 heterocycles. The third-order valence-corrected chi connectivity index (χ3v) is 6.89. The Kier molecular flexibility index (Phi) is 5.64. The van der Waals surface area contributed by atoms with Crippen LogP contribution in [-0.4, -0.2) is 43.9 Å². The van der Waals surface area contributed by atoms with E-state index >= 15 is 0 Å². The molecule has 2 aromatic rings. The summed E-state index contributed by atoms with van der Waals surface area (Å²) < 4.78 is 24.8. The number of hydrogen-bond donors (Lipinski definition) is 2. The van der Waals surface area contributed by atoms with Crippen LogP contribution in [0.25, 0.3) is 10.4 Å². The molecule has 0 aliphatic carbocycles. The number of rotatable bonds is 5. The summed E-state index contributed by atoms with van der Waals surface area (Å²) >= 11 is 1.27. The van der Waals surface area contributed by atoms with Crippen LogP contribution in [0.1, 0.15) is 23.2 Å². The van der Waals surface area contributed by atoms with Gasteiger partial charge in [0.05, 0.1) is 17.7 Å². The van der Waals surface area contributed by atoms with Gasteiger partial charge in [0.1, 0.15) is 5.00 Å². The summed E-state index contributed by atoms with van der Waals surface area (Å²) in [6.07, 6.45) is 2.36. The van der Waals surface area contributed by atoms with Gasteiger partial charge in [-0.05, 0) is 24.5 Å². The van der Waals surface area contributed by atoms with Crippen molar-refractivity contribution in [1.29, 1.82) is 0 Å². The summed E-state index contributed by atoms with van der Waals surface area (Å²) in [4.78, 5) is 25.3. The van der Waals surface area contributed by atoms with Gasteiger partial charge in [-0.15, -0.1) is 11.3 Å². The lowest BCUT2D eigenvalue weighted by Crippen LogP contribution is -2.43. The largest absolute Gasteiger partial charge is 0.366 e. The highest BCUT2D eigenvalue weighted by Crippen LogP contribution is 2.35. The van der Waals surface area contributed by atoms with Crippen LogP contribution in [0.2, 0.25) is 0 Å². The first-order valence-electron chi connectivity index (χ1n) is 8.50. The number of sulfonamides is 1. The molecule has 9 heteroatoms. The summed E-state index contributed by atoms with van der Waals surface area (Å²) in [6, 6.07) is 11.2. The number of carbonyl (C=O) groups excluding carboxylic acids is 2. The van der Waals surface area contributed by atoms with E-state index in [2.05, 4.69) is 5.32 Å². The van der Waals surface area contributed by atoms with E-state index in [1.165, 1.54) is 15.6 Å². The topological polar surface area (TPSA) is 110 Å². The number of carbonyl (C=O) groups is 2. The number of nitrogens with two attached hydrogens (primary N) is 1. The van der Waals surface area contributed by atoms with Gasteiger partial charge in [-0.1, -0.05) is 30.3 Å². The highest BCUT2D eigenvalue weighted by Gasteiger charge is 2.31. The Bertz CT molecular complexity index is 954. The minimum absolute atomic E-state index is 0.146. The number of nitrogens with zero attached hydrogens (tertiary/aromatic N) is 1. The van der Waals surface area contributed by atoms with E-state index in [0.29, 0.717) is 24.4 Å². The molecule has 0 bridgehead atoms. The molecule has 1 atom stereocenters. The minimum atomic E-state index is -3.34. The van der Waals surface area contributed by atoms with E-state index in [0.717, 1.165) is 16.7 Å². The Labute approximate surface area is 162 Å². The third kappa shape index (κ3) is 4.55. The van der Waals surface area contributed by atoms with Crippen molar-refractivity contribution in [3.8, 4) is 10.4 Å². The van der Waals surface area contributed by atoms with Crippen LogP contribution in [-0.2, 0) is 14.8 Å². The molecule has 1 aliphatic heterocycles. The molecule has 1 fully saturated rings. The van der Waals surface area contributed by atoms with Crippen molar-refractivity contribution < 1.29 is 18.0 Å². The van der Waals surface area contributed by atoms with Crippen LogP contribution in [0, 0.1) is 5.92 Å². The van der Waals surface area contributed by atoms with Crippen LogP contribution in [0.5, 0.6) is 0 Å². The van der Waals surface area contributed by atoms with Crippen molar-refractivity contribution in [3.05, 3.63) is 42.0 Å². The van der Waals surface area contributed by atoms with Crippen LogP contribution < -0.4 is 11.1 Å². The van der Waals surface area contributed by atoms with E-state index < -0.39 is 21.8 Å². The molecular weight excluding hydrogens is 386 g/mol. The molecule has 1 aromatic carbocycles. The van der Waals surface area contributed by atoms with Gasteiger partial charge in [-0.2, -0.15) is 0 Å². The van der Waals surface area contributed by atoms with Gasteiger partial charge in [-0.3, -0.25) is 9.59 Å². The van der Waals surface area contributed by atoms with E-state index in [9.17, 15) is 18.0 Å². The van der Waals surface area contributed by atoms with E-state index in [4.69, 9.17) is 5.73 Å². The van der Waals surface area contributed by atoms with Crippen molar-refractivity contribution in [1.82, 2.24) is 4.31 Å². The molecule has 144 valence electrons. The van der Waals surface area contributed by atoms with Gasteiger partial charge in [-0.25, -0.2) is 12.7 Å². The van der Waals surface area contributed by atoms with E-state index in [-0.39, 0.29) is 18.0 Å². The molecule has 3 rings (SSSR count). The monoisotopic (exact) mass is 407 g/mol. The zero-order chi connectivity index (χ0) is 19.6. The average molecular weight is 408 g/mol. The van der Waals surface area contributed by atoms with E-state index in [1.54, 1.807) is 6.07 Å². The van der Waals surface area contributed by atoms with Gasteiger partial charge < -0.3 is 11.1 Å². The number of thiophene rings is 1. The predicted molar refractivity (Wildman–Crippen MR) is 106 cm³/mol. The van der Waals surface area contributed by atoms with Gasteiger partial charge in [0.15, 0.2) is 0 Å². The highest BCUT2D eigenvalue weighted by molar-refractivity contribution is 7.88. The Morgan fingerprint density at radius 2 is 1.96 bits per heavy atom. The predicted octanol–water partition coefficient (Wildman–Crippen LogP) is 2.12. The molecule has 1 aliphatic rings. The van der Waals surface area contributed by atoms with Gasteiger partial charge in [0, 0.05) is 18.0 Å². The summed E-state index contributed by atoms with van der Waals surface area (Å²) in [5, 5.41) is 3.17. The van der Waals surface area contributed by atoms with Crippen LogP contribution in [0.4, 0.5) is 5.00 Å². The lowest BCUT2D eigenvalue weighted by molar-refractivity contribution is -0.120. The molecule has 1 unspecified atom stereocenters. The van der Waals surface area contributed by atoms with Crippen molar-refractivity contribution in [2.75, 3.05) is 24.7 Å². The molecule has 0 spiro atoms. The zero-order valence-corrected chi connectivity index (χ0v) is 16.5. The maximum Gasteiger partial charge on any atom is 0.251 e. The summed E-state index contributed by atoms with van der Waals surface area (Å²) in [5.74, 6) is -1.38. The number of piperidine rings is 1. The molecule has 0 radical (unpaired) electrons. The first kappa shape index (κ1) is 19.5. The number of amides is 2. The van der Waals surface area contributed by atoms with Crippen molar-refractivity contribution >= 4 is 38.2 Å². The summed E-state index contributed by atoms with van der Waals surface area (Å²) in [5.41, 5.74) is 6.64. The summed E-state index contributed by atoms with van der Waals surface area (Å²) in [6.45, 7) is 0.569. The van der Waals surface area contributed by atoms with Crippen LogP contribution in [0.3, 0.4) is 0 Å². The van der Waals surface area contributed by atoms with Gasteiger partial charge >= 0.3 is 0 Å². The maximum atomic E-state index is 12.7. The Morgan fingerprint density at radius 3 is 2.59 bits per heavy atom. The van der Waals surface area contributed by atoms with Crippen LogP contribution >= 0.6 is 11.3 Å². The average Bonchev–Trinajstić information content (AvgIpc) is 3.06. The lowest BCUT2D eigenvalue weighted by atomic mass is 9.99. The number of primary amides is 1. The van der Waals surface area contributed by atoms with Crippen molar-refractivity contribution in [2.45, 2.75) is 12.8 Å². The molecule has 1 aromatic heterocycles. The normalized spacial score (nSPS) is 18.2. The summed E-state index contributed by atoms with van der Waals surface area (Å²) in [7, 11) is -3.34. The fraction of sp³-hybridized carbons (Fsp3) is 0.333. The third-order valence-electron chi connectivity index (χ3n) is 4.52. The number of benzene rings is 1. The molecular formula is C18H21N3O4S2. The second-order valence-electron chi connectivity index (χ2n) is 6.53. The minimum Gasteiger partial charge on any atom is -0.366 e. The SMILES string of the molecule is CS(=O)(=O)N1CCCC(C(=O)Nc2sc(-c3ccccc3)cc2C(N)=O)C1. The smallest absolute Gasteiger partial charge is 0.251 e. The lowest BCUT2D eigenvalue weighted by Gasteiger charge is -2.30. The number of anilines is 1. The molecule has 0 saturated carbocycles. The Morgan fingerprint density at radius 1 is 1.26 bits per heavy atom. The van der Waals surface area contributed by atoms with Crippen molar-refractivity contribution in [3.63, 3.8) is 0 Å².